The summed E-state index contributed by atoms with van der Waals surface area (Å²) in [7, 11) is 0. The molecule has 1 aliphatic heterocycles. The number of piperidine rings is 1. The standard InChI is InChI=1S/C14H21ClN4O/c1-9(2)20-14-17-12(15)16-13(18-14)19-8-4-6-10-5-3-7-11(10)19/h9-11H,3-8H2,1-2H3. The fourth-order valence-corrected chi connectivity index (χ4v) is 3.56. The number of hydrogen-bond acceptors (Lipinski definition) is 5. The maximum absolute atomic E-state index is 6.03. The van der Waals surface area contributed by atoms with E-state index in [9.17, 15) is 0 Å². The molecule has 2 fully saturated rings. The molecule has 2 heterocycles. The number of rotatable bonds is 3. The van der Waals surface area contributed by atoms with Crippen LogP contribution in [-0.4, -0.2) is 33.6 Å². The summed E-state index contributed by atoms with van der Waals surface area (Å²) >= 11 is 6.03. The van der Waals surface area contributed by atoms with Crippen LogP contribution in [0.3, 0.4) is 0 Å². The second-order valence-corrected chi connectivity index (χ2v) is 6.29. The molecule has 0 bridgehead atoms. The van der Waals surface area contributed by atoms with Gasteiger partial charge < -0.3 is 9.64 Å². The van der Waals surface area contributed by atoms with Gasteiger partial charge in [-0.1, -0.05) is 6.42 Å². The maximum Gasteiger partial charge on any atom is 0.322 e. The first-order valence-corrected chi connectivity index (χ1v) is 7.86. The summed E-state index contributed by atoms with van der Waals surface area (Å²) in [4.78, 5) is 15.1. The second-order valence-electron chi connectivity index (χ2n) is 5.95. The molecule has 3 rings (SSSR count). The fourth-order valence-electron chi connectivity index (χ4n) is 3.42. The lowest BCUT2D eigenvalue weighted by Gasteiger charge is -2.37. The van der Waals surface area contributed by atoms with Crippen LogP contribution in [0.4, 0.5) is 5.95 Å². The number of hydrogen-bond donors (Lipinski definition) is 0. The van der Waals surface area contributed by atoms with Gasteiger partial charge >= 0.3 is 6.01 Å². The van der Waals surface area contributed by atoms with Gasteiger partial charge in [0, 0.05) is 12.6 Å². The van der Waals surface area contributed by atoms with Gasteiger partial charge in [0.15, 0.2) is 0 Å². The van der Waals surface area contributed by atoms with E-state index >= 15 is 0 Å². The molecule has 1 saturated heterocycles. The Morgan fingerprint density at radius 1 is 1.15 bits per heavy atom. The van der Waals surface area contributed by atoms with Crippen LogP contribution < -0.4 is 9.64 Å². The second kappa shape index (κ2) is 5.72. The third kappa shape index (κ3) is 2.82. The van der Waals surface area contributed by atoms with Crippen molar-refractivity contribution in [2.24, 2.45) is 5.92 Å². The van der Waals surface area contributed by atoms with Crippen molar-refractivity contribution in [2.75, 3.05) is 11.4 Å². The first-order valence-electron chi connectivity index (χ1n) is 7.48. The van der Waals surface area contributed by atoms with E-state index in [2.05, 4.69) is 19.9 Å². The molecule has 110 valence electrons. The smallest absolute Gasteiger partial charge is 0.322 e. The first kappa shape index (κ1) is 13.9. The SMILES string of the molecule is CC(C)Oc1nc(Cl)nc(N2CCCC3CCCC32)n1. The van der Waals surface area contributed by atoms with Crippen LogP contribution in [0, 0.1) is 5.92 Å². The lowest BCUT2D eigenvalue weighted by Crippen LogP contribution is -2.43. The Kier molecular flexibility index (Phi) is 3.96. The van der Waals surface area contributed by atoms with E-state index in [4.69, 9.17) is 16.3 Å². The molecule has 2 atom stereocenters. The summed E-state index contributed by atoms with van der Waals surface area (Å²) in [6, 6.07) is 0.893. The predicted octanol–water partition coefficient (Wildman–Crippen LogP) is 3.08. The van der Waals surface area contributed by atoms with Crippen molar-refractivity contribution in [3.8, 4) is 6.01 Å². The minimum absolute atomic E-state index is 0.0295. The highest BCUT2D eigenvalue weighted by Gasteiger charge is 2.36. The van der Waals surface area contributed by atoms with E-state index in [1.807, 2.05) is 13.8 Å². The van der Waals surface area contributed by atoms with Crippen molar-refractivity contribution in [1.29, 1.82) is 0 Å². The van der Waals surface area contributed by atoms with Crippen LogP contribution in [0.15, 0.2) is 0 Å². The molecule has 1 aromatic heterocycles. The van der Waals surface area contributed by atoms with Crippen LogP contribution in [0.5, 0.6) is 6.01 Å². The molecule has 2 unspecified atom stereocenters. The Morgan fingerprint density at radius 2 is 1.95 bits per heavy atom. The zero-order valence-electron chi connectivity index (χ0n) is 12.0. The summed E-state index contributed by atoms with van der Waals surface area (Å²) in [5, 5.41) is 0.214. The molecule has 0 aromatic carbocycles. The first-order chi connectivity index (χ1) is 9.63. The zero-order valence-corrected chi connectivity index (χ0v) is 12.8. The molecule has 2 aliphatic rings. The Hall–Kier alpha value is -1.10. The average molecular weight is 297 g/mol. The molecule has 1 aliphatic carbocycles. The minimum Gasteiger partial charge on any atom is -0.461 e. The lowest BCUT2D eigenvalue weighted by atomic mass is 9.92. The van der Waals surface area contributed by atoms with E-state index in [0.717, 1.165) is 12.5 Å². The number of halogens is 1. The number of fused-ring (bicyclic) bond motifs is 1. The molecule has 0 N–H and O–H groups in total. The third-order valence-corrected chi connectivity index (χ3v) is 4.34. The van der Waals surface area contributed by atoms with E-state index in [0.29, 0.717) is 18.0 Å². The Labute approximate surface area is 124 Å². The number of aromatic nitrogens is 3. The van der Waals surface area contributed by atoms with Crippen LogP contribution >= 0.6 is 11.6 Å². The number of anilines is 1. The summed E-state index contributed by atoms with van der Waals surface area (Å²) in [5.41, 5.74) is 0. The zero-order chi connectivity index (χ0) is 14.1. The molecule has 5 nitrogen and oxygen atoms in total. The summed E-state index contributed by atoms with van der Waals surface area (Å²) in [6.45, 7) is 4.90. The molecule has 0 amide bonds. The van der Waals surface area contributed by atoms with Crippen molar-refractivity contribution >= 4 is 17.5 Å². The van der Waals surface area contributed by atoms with Crippen LogP contribution in [0.1, 0.15) is 46.0 Å². The van der Waals surface area contributed by atoms with E-state index in [1.54, 1.807) is 0 Å². The maximum atomic E-state index is 6.03. The highest BCUT2D eigenvalue weighted by molar-refractivity contribution is 6.28. The molecule has 20 heavy (non-hydrogen) atoms. The monoisotopic (exact) mass is 296 g/mol. The highest BCUT2D eigenvalue weighted by Crippen LogP contribution is 2.38. The Balaban J connectivity index is 1.86. The fraction of sp³-hybridized carbons (Fsp3) is 0.786. The quantitative estimate of drug-likeness (QED) is 0.858. The predicted molar refractivity (Wildman–Crippen MR) is 78.3 cm³/mol. The Bertz CT molecular complexity index is 482. The van der Waals surface area contributed by atoms with E-state index in [1.165, 1.54) is 32.1 Å². The van der Waals surface area contributed by atoms with Crippen molar-refractivity contribution in [1.82, 2.24) is 15.0 Å². The number of nitrogens with zero attached hydrogens (tertiary/aromatic N) is 4. The van der Waals surface area contributed by atoms with Gasteiger partial charge in [0.25, 0.3) is 0 Å². The summed E-state index contributed by atoms with van der Waals surface area (Å²) < 4.78 is 5.56. The topological polar surface area (TPSA) is 51.1 Å². The molecule has 0 spiro atoms. The van der Waals surface area contributed by atoms with Gasteiger partial charge in [-0.2, -0.15) is 15.0 Å². The van der Waals surface area contributed by atoms with Crippen molar-refractivity contribution in [3.05, 3.63) is 5.28 Å². The third-order valence-electron chi connectivity index (χ3n) is 4.17. The van der Waals surface area contributed by atoms with Crippen molar-refractivity contribution in [3.63, 3.8) is 0 Å². The average Bonchev–Trinajstić information content (AvgIpc) is 2.84. The molecule has 6 heteroatoms. The van der Waals surface area contributed by atoms with Crippen molar-refractivity contribution < 1.29 is 4.74 Å². The summed E-state index contributed by atoms with van der Waals surface area (Å²) in [5.74, 6) is 1.46. The van der Waals surface area contributed by atoms with Crippen molar-refractivity contribution in [2.45, 2.75) is 58.1 Å². The van der Waals surface area contributed by atoms with Crippen LogP contribution in [0.2, 0.25) is 5.28 Å². The normalized spacial score (nSPS) is 25.9. The van der Waals surface area contributed by atoms with Gasteiger partial charge in [0.05, 0.1) is 6.10 Å². The molecule has 1 saturated carbocycles. The Morgan fingerprint density at radius 3 is 2.75 bits per heavy atom. The van der Waals surface area contributed by atoms with Gasteiger partial charge in [0.1, 0.15) is 0 Å². The summed E-state index contributed by atoms with van der Waals surface area (Å²) in [6.07, 6.45) is 6.42. The minimum atomic E-state index is 0.0295. The number of ether oxygens (including phenoxy) is 1. The van der Waals surface area contributed by atoms with Gasteiger partial charge in [-0.3, -0.25) is 0 Å². The molecular formula is C14H21ClN4O. The lowest BCUT2D eigenvalue weighted by molar-refractivity contribution is 0.221. The largest absolute Gasteiger partial charge is 0.461 e. The van der Waals surface area contributed by atoms with Gasteiger partial charge in [0.2, 0.25) is 11.2 Å². The molecule has 1 aromatic rings. The van der Waals surface area contributed by atoms with Crippen LogP contribution in [-0.2, 0) is 0 Å². The van der Waals surface area contributed by atoms with Gasteiger partial charge in [-0.15, -0.1) is 0 Å². The highest BCUT2D eigenvalue weighted by atomic mass is 35.5. The van der Waals surface area contributed by atoms with Crippen LogP contribution in [0.25, 0.3) is 0 Å². The van der Waals surface area contributed by atoms with Gasteiger partial charge in [-0.05, 0) is 57.0 Å². The van der Waals surface area contributed by atoms with Gasteiger partial charge in [-0.25, -0.2) is 0 Å². The molecular weight excluding hydrogens is 276 g/mol. The van der Waals surface area contributed by atoms with E-state index in [-0.39, 0.29) is 11.4 Å². The molecule has 0 radical (unpaired) electrons. The van der Waals surface area contributed by atoms with E-state index < -0.39 is 0 Å².